The van der Waals surface area contributed by atoms with Crippen molar-refractivity contribution in [1.82, 2.24) is 15.2 Å². The zero-order chi connectivity index (χ0) is 23.9. The van der Waals surface area contributed by atoms with Crippen LogP contribution >= 0.6 is 0 Å². The van der Waals surface area contributed by atoms with Gasteiger partial charge in [0.1, 0.15) is 0 Å². The van der Waals surface area contributed by atoms with Crippen molar-refractivity contribution in [3.05, 3.63) is 53.3 Å². The molecule has 0 aliphatic carbocycles. The van der Waals surface area contributed by atoms with Gasteiger partial charge in [0.25, 0.3) is 0 Å². The Hall–Kier alpha value is -2.94. The lowest BCUT2D eigenvalue weighted by molar-refractivity contribution is -0.137. The molecule has 2 aliphatic heterocycles. The number of fused-ring (bicyclic) bond motifs is 1. The molecule has 4 heterocycles. The highest BCUT2D eigenvalue weighted by Gasteiger charge is 2.38. The van der Waals surface area contributed by atoms with Gasteiger partial charge in [-0.3, -0.25) is 4.98 Å². The number of aromatic nitrogens is 3. The molecule has 5 rings (SSSR count). The normalized spacial score (nSPS) is 19.0. The van der Waals surface area contributed by atoms with E-state index in [2.05, 4.69) is 31.5 Å². The second-order valence-electron chi connectivity index (χ2n) is 9.50. The standard InChI is InChI=1S/C25H28F3N5O/c1-16(18-4-3-5-19(12-18)25(26,27)28)30-23-21-13-20(14-29-22(21)17(2)31-32-23)33-9-6-24(7-10-33)8-11-34-15-24/h3-5,12-14,16H,6-11,15H2,1-2H3,(H,30,32)/t16-/m1/s1. The summed E-state index contributed by atoms with van der Waals surface area (Å²) in [5.41, 5.74) is 2.63. The van der Waals surface area contributed by atoms with Crippen molar-refractivity contribution in [3.63, 3.8) is 0 Å². The maximum absolute atomic E-state index is 13.2. The van der Waals surface area contributed by atoms with Crippen LogP contribution < -0.4 is 10.2 Å². The van der Waals surface area contributed by atoms with Crippen LogP contribution in [-0.4, -0.2) is 41.5 Å². The summed E-state index contributed by atoms with van der Waals surface area (Å²) < 4.78 is 45.1. The van der Waals surface area contributed by atoms with Gasteiger partial charge in [0.05, 0.1) is 41.3 Å². The first-order valence-electron chi connectivity index (χ1n) is 11.6. The van der Waals surface area contributed by atoms with E-state index < -0.39 is 17.8 Å². The zero-order valence-electron chi connectivity index (χ0n) is 19.3. The second kappa shape index (κ2) is 8.69. The fraction of sp³-hybridized carbons (Fsp3) is 0.480. The highest BCUT2D eigenvalue weighted by molar-refractivity contribution is 5.92. The largest absolute Gasteiger partial charge is 0.416 e. The van der Waals surface area contributed by atoms with Crippen LogP contribution in [0.3, 0.4) is 0 Å². The van der Waals surface area contributed by atoms with Gasteiger partial charge in [0, 0.05) is 25.1 Å². The molecule has 3 aromatic rings. The maximum atomic E-state index is 13.2. The Labute approximate surface area is 196 Å². The molecular formula is C25H28F3N5O. The lowest BCUT2D eigenvalue weighted by Gasteiger charge is -2.39. The first-order valence-corrected chi connectivity index (χ1v) is 11.6. The molecule has 2 aliphatic rings. The number of ether oxygens (including phenoxy) is 1. The van der Waals surface area contributed by atoms with Gasteiger partial charge >= 0.3 is 6.18 Å². The lowest BCUT2D eigenvalue weighted by Crippen LogP contribution is -2.40. The molecule has 0 unspecified atom stereocenters. The molecule has 1 N–H and O–H groups in total. The Morgan fingerprint density at radius 2 is 1.91 bits per heavy atom. The van der Waals surface area contributed by atoms with Crippen LogP contribution in [0.2, 0.25) is 0 Å². The van der Waals surface area contributed by atoms with Crippen LogP contribution in [0.4, 0.5) is 24.7 Å². The van der Waals surface area contributed by atoms with Crippen LogP contribution in [0.15, 0.2) is 36.5 Å². The third kappa shape index (κ3) is 4.41. The maximum Gasteiger partial charge on any atom is 0.416 e. The van der Waals surface area contributed by atoms with Crippen molar-refractivity contribution in [2.24, 2.45) is 5.41 Å². The van der Waals surface area contributed by atoms with E-state index in [0.29, 0.717) is 22.5 Å². The van der Waals surface area contributed by atoms with Crippen molar-refractivity contribution < 1.29 is 17.9 Å². The van der Waals surface area contributed by atoms with Crippen LogP contribution in [0.5, 0.6) is 0 Å². The van der Waals surface area contributed by atoms with Gasteiger partial charge in [-0.15, -0.1) is 5.10 Å². The van der Waals surface area contributed by atoms with Crippen LogP contribution in [-0.2, 0) is 10.9 Å². The number of benzene rings is 1. The van der Waals surface area contributed by atoms with Crippen LogP contribution in [0.25, 0.3) is 10.9 Å². The lowest BCUT2D eigenvalue weighted by atomic mass is 9.78. The third-order valence-corrected chi connectivity index (χ3v) is 7.21. The summed E-state index contributed by atoms with van der Waals surface area (Å²) in [5.74, 6) is 0.512. The first-order chi connectivity index (χ1) is 16.2. The number of halogens is 3. The minimum absolute atomic E-state index is 0.315. The number of hydrogen-bond donors (Lipinski definition) is 1. The Kier molecular flexibility index (Phi) is 5.83. The molecule has 9 heteroatoms. The average molecular weight is 472 g/mol. The fourth-order valence-corrected chi connectivity index (χ4v) is 4.98. The smallest absolute Gasteiger partial charge is 0.381 e. The molecule has 180 valence electrons. The summed E-state index contributed by atoms with van der Waals surface area (Å²) in [6.45, 7) is 7.26. The quantitative estimate of drug-likeness (QED) is 0.540. The zero-order valence-corrected chi connectivity index (χ0v) is 19.3. The van der Waals surface area contributed by atoms with Gasteiger partial charge in [0.2, 0.25) is 0 Å². The van der Waals surface area contributed by atoms with Crippen molar-refractivity contribution in [2.45, 2.75) is 45.3 Å². The average Bonchev–Trinajstić information content (AvgIpc) is 3.28. The minimum Gasteiger partial charge on any atom is -0.381 e. The van der Waals surface area contributed by atoms with E-state index in [1.54, 1.807) is 6.07 Å². The molecule has 0 amide bonds. The number of nitrogens with one attached hydrogen (secondary N) is 1. The molecule has 1 atom stereocenters. The number of anilines is 2. The number of alkyl halides is 3. The van der Waals surface area contributed by atoms with E-state index in [4.69, 9.17) is 4.74 Å². The van der Waals surface area contributed by atoms with Gasteiger partial charge in [-0.05, 0) is 62.3 Å². The van der Waals surface area contributed by atoms with Crippen molar-refractivity contribution in [2.75, 3.05) is 36.5 Å². The summed E-state index contributed by atoms with van der Waals surface area (Å²) >= 11 is 0. The van der Waals surface area contributed by atoms with Crippen molar-refractivity contribution in [3.8, 4) is 0 Å². The summed E-state index contributed by atoms with van der Waals surface area (Å²) in [7, 11) is 0. The van der Waals surface area contributed by atoms with E-state index in [9.17, 15) is 13.2 Å². The van der Waals surface area contributed by atoms with Gasteiger partial charge in [-0.25, -0.2) is 0 Å². The Morgan fingerprint density at radius 3 is 2.62 bits per heavy atom. The molecular weight excluding hydrogens is 443 g/mol. The SMILES string of the molecule is Cc1nnc(N[C@H](C)c2cccc(C(F)(F)F)c2)c2cc(N3CCC4(CCOC4)CC3)cnc12. The number of nitrogens with zero attached hydrogens (tertiary/aromatic N) is 4. The second-order valence-corrected chi connectivity index (χ2v) is 9.50. The van der Waals surface area contributed by atoms with Crippen molar-refractivity contribution >= 4 is 22.4 Å². The van der Waals surface area contributed by atoms with E-state index in [-0.39, 0.29) is 0 Å². The van der Waals surface area contributed by atoms with Crippen molar-refractivity contribution in [1.29, 1.82) is 0 Å². The summed E-state index contributed by atoms with van der Waals surface area (Å²) in [5, 5.41) is 12.6. The molecule has 0 saturated carbocycles. The molecule has 34 heavy (non-hydrogen) atoms. The Bertz CT molecular complexity index is 1180. The predicted molar refractivity (Wildman–Crippen MR) is 125 cm³/mol. The van der Waals surface area contributed by atoms with Gasteiger partial charge in [-0.2, -0.15) is 18.3 Å². The van der Waals surface area contributed by atoms with E-state index >= 15 is 0 Å². The van der Waals surface area contributed by atoms with Crippen LogP contribution in [0.1, 0.15) is 49.0 Å². The van der Waals surface area contributed by atoms with Gasteiger partial charge in [0.15, 0.2) is 5.82 Å². The van der Waals surface area contributed by atoms with E-state index in [0.717, 1.165) is 68.2 Å². The molecule has 2 aromatic heterocycles. The number of hydrogen-bond acceptors (Lipinski definition) is 6. The summed E-state index contributed by atoms with van der Waals surface area (Å²) in [6, 6.07) is 7.01. The van der Waals surface area contributed by atoms with E-state index in [1.807, 2.05) is 20.0 Å². The number of aryl methyl sites for hydroxylation is 1. The van der Waals surface area contributed by atoms with E-state index in [1.165, 1.54) is 12.1 Å². The highest BCUT2D eigenvalue weighted by Crippen LogP contribution is 2.40. The van der Waals surface area contributed by atoms with Gasteiger partial charge in [-0.1, -0.05) is 12.1 Å². The molecule has 6 nitrogen and oxygen atoms in total. The highest BCUT2D eigenvalue weighted by atomic mass is 19.4. The monoisotopic (exact) mass is 471 g/mol. The topological polar surface area (TPSA) is 63.2 Å². The number of rotatable bonds is 4. The number of piperidine rings is 1. The Morgan fingerprint density at radius 1 is 1.12 bits per heavy atom. The predicted octanol–water partition coefficient (Wildman–Crippen LogP) is 5.53. The van der Waals surface area contributed by atoms with Gasteiger partial charge < -0.3 is 15.0 Å². The molecule has 0 radical (unpaired) electrons. The molecule has 2 fully saturated rings. The van der Waals surface area contributed by atoms with Crippen LogP contribution in [0, 0.1) is 12.3 Å². The first kappa shape index (κ1) is 22.8. The summed E-state index contributed by atoms with van der Waals surface area (Å²) in [4.78, 5) is 7.01. The third-order valence-electron chi connectivity index (χ3n) is 7.21. The number of pyridine rings is 1. The Balaban J connectivity index is 1.41. The minimum atomic E-state index is -4.39. The molecule has 1 spiro atoms. The summed E-state index contributed by atoms with van der Waals surface area (Å²) in [6.07, 6.45) is 0.808. The fourth-order valence-electron chi connectivity index (χ4n) is 4.98. The molecule has 1 aromatic carbocycles. The molecule has 2 saturated heterocycles. The molecule has 0 bridgehead atoms.